The summed E-state index contributed by atoms with van der Waals surface area (Å²) in [5.74, 6) is 4.86. The summed E-state index contributed by atoms with van der Waals surface area (Å²) in [6, 6.07) is 82.2. The minimum absolute atomic E-state index is 0. The normalized spacial score (nSPS) is 10.5. The minimum Gasteiger partial charge on any atom is -0.366 e. The van der Waals surface area contributed by atoms with Crippen LogP contribution in [0.3, 0.4) is 0 Å². The van der Waals surface area contributed by atoms with E-state index in [1.807, 2.05) is 24.3 Å². The molecule has 0 radical (unpaired) electrons. The molecule has 314 valence electrons. The van der Waals surface area contributed by atoms with Gasteiger partial charge in [0.15, 0.2) is 0 Å². The van der Waals surface area contributed by atoms with Crippen molar-refractivity contribution in [1.29, 1.82) is 0 Å². The van der Waals surface area contributed by atoms with Gasteiger partial charge < -0.3 is 12.8 Å². The fourth-order valence-electron chi connectivity index (χ4n) is 7.90. The van der Waals surface area contributed by atoms with Crippen LogP contribution in [0.4, 0.5) is 0 Å². The van der Waals surface area contributed by atoms with Gasteiger partial charge in [-0.25, -0.2) is 0 Å². The molecule has 0 atom stereocenters. The third-order valence-corrected chi connectivity index (χ3v) is 18.9. The second kappa shape index (κ2) is 22.7. The van der Waals surface area contributed by atoms with Crippen molar-refractivity contribution in [3.05, 3.63) is 254 Å². The van der Waals surface area contributed by atoms with Gasteiger partial charge in [-0.1, -0.05) is 133 Å². The zero-order valence-corrected chi connectivity index (χ0v) is 42.3. The Kier molecular flexibility index (Phi) is 16.6. The second-order valence-electron chi connectivity index (χ2n) is 14.6. The SMILES string of the molecule is [Au+].[Au+].[C-]#Cc1ccc2sc3ccccc3c2c1.[C-]#Cc1ccc2sc3ccccc3c2c1.c1ccc([PH+](c2ccccc2)c2ccccc2[PH+](c2ccccc2)c2ccccc2)cc1. The zero-order valence-electron chi connectivity index (χ0n) is 34.4. The molecule has 0 bridgehead atoms. The topological polar surface area (TPSA) is 0 Å². The van der Waals surface area contributed by atoms with Crippen LogP contribution in [0.5, 0.6) is 0 Å². The van der Waals surface area contributed by atoms with Gasteiger partial charge >= 0.3 is 44.8 Å². The molecular weight excluding hydrogens is 1220 g/mol. The molecule has 0 fully saturated rings. The van der Waals surface area contributed by atoms with Gasteiger partial charge in [-0.05, 0) is 94.3 Å². The van der Waals surface area contributed by atoms with E-state index in [0.717, 1.165) is 11.1 Å². The van der Waals surface area contributed by atoms with Crippen molar-refractivity contribution < 1.29 is 44.8 Å². The van der Waals surface area contributed by atoms with Crippen LogP contribution in [-0.2, 0) is 44.8 Å². The first-order chi connectivity index (χ1) is 30.7. The molecule has 0 aliphatic carbocycles. The van der Waals surface area contributed by atoms with Gasteiger partial charge in [0.25, 0.3) is 0 Å². The third-order valence-electron chi connectivity index (χ3n) is 10.8. The molecule has 0 aliphatic heterocycles. The molecule has 11 aromatic rings. The van der Waals surface area contributed by atoms with Crippen molar-refractivity contribution in [3.63, 3.8) is 0 Å². The van der Waals surface area contributed by atoms with Crippen molar-refractivity contribution in [3.8, 4) is 11.8 Å². The van der Waals surface area contributed by atoms with E-state index in [4.69, 9.17) is 12.8 Å². The van der Waals surface area contributed by atoms with Crippen LogP contribution in [0.1, 0.15) is 11.1 Å². The number of rotatable bonds is 6. The molecule has 0 unspecified atom stereocenters. The van der Waals surface area contributed by atoms with E-state index in [-0.39, 0.29) is 44.8 Å². The van der Waals surface area contributed by atoms with E-state index in [2.05, 4.69) is 218 Å². The van der Waals surface area contributed by atoms with E-state index in [1.165, 1.54) is 72.2 Å². The van der Waals surface area contributed by atoms with E-state index in [0.29, 0.717) is 0 Å². The van der Waals surface area contributed by atoms with E-state index in [9.17, 15) is 0 Å². The molecule has 0 saturated carbocycles. The Morgan fingerprint density at radius 3 is 0.906 bits per heavy atom. The molecule has 0 saturated heterocycles. The van der Waals surface area contributed by atoms with Gasteiger partial charge in [-0.2, -0.15) is 0 Å². The van der Waals surface area contributed by atoms with Crippen molar-refractivity contribution in [2.45, 2.75) is 0 Å². The van der Waals surface area contributed by atoms with Crippen LogP contribution < -0.4 is 31.8 Å². The van der Waals surface area contributed by atoms with Crippen molar-refractivity contribution >= 4 is 111 Å². The molecule has 2 aromatic heterocycles. The first-order valence-electron chi connectivity index (χ1n) is 20.4. The summed E-state index contributed by atoms with van der Waals surface area (Å²) in [7, 11) is -2.28. The monoisotopic (exact) mass is 1260 g/mol. The molecule has 9 aromatic carbocycles. The maximum Gasteiger partial charge on any atom is 1.00 e. The average Bonchev–Trinajstić information content (AvgIpc) is 3.92. The Balaban J connectivity index is 0.000000159. The van der Waals surface area contributed by atoms with Gasteiger partial charge in [-0.15, -0.1) is 58.1 Å². The number of fused-ring (bicyclic) bond motifs is 6. The van der Waals surface area contributed by atoms with Gasteiger partial charge in [-0.3, -0.25) is 11.8 Å². The van der Waals surface area contributed by atoms with Crippen molar-refractivity contribution in [2.75, 3.05) is 0 Å². The summed E-state index contributed by atoms with van der Waals surface area (Å²) in [4.78, 5) is 0. The minimum atomic E-state index is -1.14. The molecule has 0 aliphatic rings. The molecule has 64 heavy (non-hydrogen) atoms. The molecule has 11 rings (SSSR count). The third kappa shape index (κ3) is 10.5. The van der Waals surface area contributed by atoms with Crippen LogP contribution in [0, 0.1) is 24.7 Å². The van der Waals surface area contributed by atoms with Gasteiger partial charge in [0.1, 0.15) is 47.7 Å². The molecule has 0 N–H and O–H groups in total. The predicted octanol–water partition coefficient (Wildman–Crippen LogP) is 12.6. The van der Waals surface area contributed by atoms with E-state index in [1.54, 1.807) is 22.7 Å². The summed E-state index contributed by atoms with van der Waals surface area (Å²) < 4.78 is 5.15. The van der Waals surface area contributed by atoms with Crippen LogP contribution in [0.25, 0.3) is 40.3 Å². The Labute approximate surface area is 418 Å². The summed E-state index contributed by atoms with van der Waals surface area (Å²) in [5, 5.41) is 13.7. The summed E-state index contributed by atoms with van der Waals surface area (Å²) in [6.45, 7) is 0. The fourth-order valence-corrected chi connectivity index (χ4v) is 16.1. The Morgan fingerprint density at radius 2 is 0.578 bits per heavy atom. The van der Waals surface area contributed by atoms with E-state index >= 15 is 0 Å². The quantitative estimate of drug-likeness (QED) is 0.0674. The van der Waals surface area contributed by atoms with Crippen LogP contribution in [0.2, 0.25) is 0 Å². The summed E-state index contributed by atoms with van der Waals surface area (Å²) in [5.41, 5.74) is 1.68. The number of hydrogen-bond donors (Lipinski definition) is 0. The first kappa shape index (κ1) is 46.9. The largest absolute Gasteiger partial charge is 1.00 e. The van der Waals surface area contributed by atoms with Gasteiger partial charge in [0.2, 0.25) is 0 Å². The predicted molar refractivity (Wildman–Crippen MR) is 278 cm³/mol. The van der Waals surface area contributed by atoms with Gasteiger partial charge in [0.05, 0.1) is 0 Å². The maximum absolute atomic E-state index is 7.13. The maximum atomic E-state index is 7.13. The van der Waals surface area contributed by atoms with Crippen LogP contribution in [-0.4, -0.2) is 0 Å². The first-order valence-corrected chi connectivity index (χ1v) is 25.1. The molecule has 2 heterocycles. The number of benzene rings is 9. The van der Waals surface area contributed by atoms with Crippen molar-refractivity contribution in [2.24, 2.45) is 0 Å². The number of hydrogen-bond acceptors (Lipinski definition) is 2. The Hall–Kier alpha value is -5.12. The fraction of sp³-hybridized carbons (Fsp3) is 0. The smallest absolute Gasteiger partial charge is 0.366 e. The number of thiophene rings is 2. The standard InChI is InChI=1S/C30H24P2.2C14H7S.2Au/c1-5-15-25(16-6-1)31(26-17-7-2-8-18-26)29-23-13-14-24-30(29)32(27-19-9-3-10-20-27)28-21-11-4-12-22-28;2*1-2-10-7-8-14-12(9-10)11-5-3-4-6-13(11)15-14;;/h1-24H;2*3-9H;;/q;2*-1;2*+1/p+2. The average molecular weight is 1260 g/mol. The second-order valence-corrected chi connectivity index (χ2v) is 21.7. The molecule has 6 heteroatoms. The molecular formula is C58H40Au2P2S2+2. The Bertz CT molecular complexity index is 3030. The van der Waals surface area contributed by atoms with Crippen molar-refractivity contribution in [1.82, 2.24) is 0 Å². The Morgan fingerprint density at radius 1 is 0.297 bits per heavy atom. The van der Waals surface area contributed by atoms with E-state index < -0.39 is 15.8 Å². The van der Waals surface area contributed by atoms with Gasteiger partial charge in [0, 0.05) is 18.8 Å². The molecule has 0 nitrogen and oxygen atoms in total. The molecule has 0 spiro atoms. The van der Waals surface area contributed by atoms with Crippen LogP contribution >= 0.6 is 38.5 Å². The van der Waals surface area contributed by atoms with Crippen LogP contribution in [0.15, 0.2) is 231 Å². The summed E-state index contributed by atoms with van der Waals surface area (Å²) >= 11 is 3.58. The summed E-state index contributed by atoms with van der Waals surface area (Å²) in [6.07, 6.45) is 14.3. The molecule has 0 amide bonds. The zero-order chi connectivity index (χ0) is 42.1.